The molecular weight excluding hydrogens is 1320 g/mol. The van der Waals surface area contributed by atoms with Crippen LogP contribution in [0.15, 0.2) is 0 Å². The summed E-state index contributed by atoms with van der Waals surface area (Å²) in [7, 11) is -9.92. The van der Waals surface area contributed by atoms with Gasteiger partial charge in [0.15, 0.2) is 12.2 Å². The quantitative estimate of drug-likeness (QED) is 0.0222. The molecule has 0 aliphatic heterocycles. The van der Waals surface area contributed by atoms with E-state index < -0.39 is 97.5 Å². The lowest BCUT2D eigenvalue weighted by Gasteiger charge is -2.21. The molecule has 101 heavy (non-hydrogen) atoms. The molecule has 0 aromatic carbocycles. The minimum absolute atomic E-state index is 0.108. The van der Waals surface area contributed by atoms with Gasteiger partial charge in [-0.2, -0.15) is 0 Å². The molecular formula is C82H160O17P2. The third-order valence-electron chi connectivity index (χ3n) is 19.2. The normalized spacial score (nSPS) is 13.9. The number of carbonyl (C=O) groups excluding carboxylic acids is 4. The molecule has 0 fully saturated rings. The highest BCUT2D eigenvalue weighted by Gasteiger charge is 2.30. The van der Waals surface area contributed by atoms with Crippen LogP contribution >= 0.6 is 15.6 Å². The van der Waals surface area contributed by atoms with E-state index >= 15 is 0 Å². The fraction of sp³-hybridized carbons (Fsp3) is 0.951. The Morgan fingerprint density at radius 2 is 0.455 bits per heavy atom. The van der Waals surface area contributed by atoms with E-state index in [1.165, 1.54) is 250 Å². The Balaban J connectivity index is 5.25. The standard InChI is InChI=1S/C82H160O17P2/c1-7-9-11-13-15-17-19-21-23-24-25-26-27-28-30-36-42-49-55-61-67-82(87)98-77(70-92-79(84)64-58-52-46-40-34-32-31-33-38-44-50-56-62-74(3)4)72-96-100(88,89)94-68-76(83)69-95-101(90,91)97-73-78(71-93-80(85)65-59-53-47-43-37-39-45-51-57-63-75(5)6)99-81(86)66-60-54-48-41-35-29-22-20-18-16-14-12-10-8-2/h74-78,83H,7-73H2,1-6H3,(H,88,89)(H,90,91)/t76-,77-,78-/m1/s1. The predicted molar refractivity (Wildman–Crippen MR) is 414 cm³/mol. The molecule has 600 valence electrons. The van der Waals surface area contributed by atoms with Crippen molar-refractivity contribution in [3.8, 4) is 0 Å². The van der Waals surface area contributed by atoms with E-state index in [4.69, 9.17) is 37.0 Å². The molecule has 0 aliphatic rings. The minimum atomic E-state index is -4.96. The van der Waals surface area contributed by atoms with Crippen LogP contribution in [0.4, 0.5) is 0 Å². The van der Waals surface area contributed by atoms with Gasteiger partial charge in [0.2, 0.25) is 0 Å². The fourth-order valence-electron chi connectivity index (χ4n) is 12.7. The number of hydrogen-bond acceptors (Lipinski definition) is 15. The molecule has 0 aromatic heterocycles. The molecule has 0 aromatic rings. The highest BCUT2D eigenvalue weighted by molar-refractivity contribution is 7.47. The number of rotatable bonds is 81. The van der Waals surface area contributed by atoms with Crippen LogP contribution in [-0.4, -0.2) is 96.7 Å². The van der Waals surface area contributed by atoms with Crippen LogP contribution in [-0.2, 0) is 65.4 Å². The number of ether oxygens (including phenoxy) is 4. The minimum Gasteiger partial charge on any atom is -0.462 e. The van der Waals surface area contributed by atoms with Gasteiger partial charge in [-0.1, -0.05) is 382 Å². The van der Waals surface area contributed by atoms with Gasteiger partial charge < -0.3 is 33.8 Å². The van der Waals surface area contributed by atoms with Crippen LogP contribution in [0.1, 0.15) is 433 Å². The van der Waals surface area contributed by atoms with Crippen LogP contribution in [0.2, 0.25) is 0 Å². The number of esters is 4. The largest absolute Gasteiger partial charge is 0.472 e. The molecule has 0 saturated heterocycles. The highest BCUT2D eigenvalue weighted by atomic mass is 31.2. The monoisotopic (exact) mass is 1480 g/mol. The highest BCUT2D eigenvalue weighted by Crippen LogP contribution is 2.45. The molecule has 19 heteroatoms. The Hall–Kier alpha value is -1.94. The number of phosphoric ester groups is 2. The molecule has 0 aliphatic carbocycles. The molecule has 3 N–H and O–H groups in total. The maximum absolute atomic E-state index is 13.1. The summed E-state index contributed by atoms with van der Waals surface area (Å²) in [6.45, 7) is 9.64. The Morgan fingerprint density at radius 3 is 0.673 bits per heavy atom. The van der Waals surface area contributed by atoms with Crippen LogP contribution in [0, 0.1) is 11.8 Å². The average Bonchev–Trinajstić information content (AvgIpc) is 0.956. The van der Waals surface area contributed by atoms with Crippen molar-refractivity contribution in [2.75, 3.05) is 39.6 Å². The molecule has 0 radical (unpaired) electrons. The second-order valence-electron chi connectivity index (χ2n) is 30.5. The maximum atomic E-state index is 13.1. The summed E-state index contributed by atoms with van der Waals surface area (Å²) in [5, 5.41) is 10.7. The first-order valence-electron chi connectivity index (χ1n) is 42.5. The number of carbonyl (C=O) groups is 4. The van der Waals surface area contributed by atoms with E-state index in [9.17, 15) is 43.2 Å². The summed E-state index contributed by atoms with van der Waals surface area (Å²) < 4.78 is 68.8. The first-order valence-corrected chi connectivity index (χ1v) is 45.5. The fourth-order valence-corrected chi connectivity index (χ4v) is 14.3. The Bertz CT molecular complexity index is 1940. The van der Waals surface area contributed by atoms with E-state index in [-0.39, 0.29) is 25.7 Å². The molecule has 2 unspecified atom stereocenters. The number of aliphatic hydroxyl groups excluding tert-OH is 1. The van der Waals surface area contributed by atoms with Gasteiger partial charge in [0.25, 0.3) is 0 Å². The van der Waals surface area contributed by atoms with E-state index in [2.05, 4.69) is 41.5 Å². The summed E-state index contributed by atoms with van der Waals surface area (Å²) in [4.78, 5) is 73.1. The van der Waals surface area contributed by atoms with Crippen LogP contribution in [0.3, 0.4) is 0 Å². The van der Waals surface area contributed by atoms with Gasteiger partial charge in [0.05, 0.1) is 26.4 Å². The van der Waals surface area contributed by atoms with Gasteiger partial charge in [0.1, 0.15) is 19.3 Å². The maximum Gasteiger partial charge on any atom is 0.472 e. The molecule has 0 rings (SSSR count). The molecule has 0 heterocycles. The molecule has 0 spiro atoms. The number of hydrogen-bond donors (Lipinski definition) is 3. The third kappa shape index (κ3) is 76.1. The van der Waals surface area contributed by atoms with Crippen molar-refractivity contribution in [1.29, 1.82) is 0 Å². The van der Waals surface area contributed by atoms with Crippen molar-refractivity contribution in [2.24, 2.45) is 11.8 Å². The van der Waals surface area contributed by atoms with Gasteiger partial charge in [-0.25, -0.2) is 9.13 Å². The van der Waals surface area contributed by atoms with Crippen molar-refractivity contribution >= 4 is 39.5 Å². The Kier molecular flexibility index (Phi) is 72.2. The second kappa shape index (κ2) is 73.6. The van der Waals surface area contributed by atoms with Gasteiger partial charge in [-0.05, 0) is 37.5 Å². The summed E-state index contributed by atoms with van der Waals surface area (Å²) in [6.07, 6.45) is 63.8. The van der Waals surface area contributed by atoms with E-state index in [0.717, 1.165) is 102 Å². The van der Waals surface area contributed by atoms with Crippen molar-refractivity contribution in [1.82, 2.24) is 0 Å². The van der Waals surface area contributed by atoms with Crippen LogP contribution < -0.4 is 0 Å². The molecule has 0 bridgehead atoms. The zero-order valence-electron chi connectivity index (χ0n) is 66.2. The smallest absolute Gasteiger partial charge is 0.462 e. The number of phosphoric acid groups is 2. The van der Waals surface area contributed by atoms with Gasteiger partial charge >= 0.3 is 39.5 Å². The van der Waals surface area contributed by atoms with Gasteiger partial charge in [0, 0.05) is 25.7 Å². The topological polar surface area (TPSA) is 237 Å². The van der Waals surface area contributed by atoms with Gasteiger partial charge in [-0.3, -0.25) is 37.3 Å². The lowest BCUT2D eigenvalue weighted by molar-refractivity contribution is -0.161. The van der Waals surface area contributed by atoms with E-state index in [1.54, 1.807) is 0 Å². The van der Waals surface area contributed by atoms with Crippen LogP contribution in [0.25, 0.3) is 0 Å². The van der Waals surface area contributed by atoms with E-state index in [1.807, 2.05) is 0 Å². The zero-order valence-corrected chi connectivity index (χ0v) is 68.0. The predicted octanol–water partition coefficient (Wildman–Crippen LogP) is 24.7. The summed E-state index contributed by atoms with van der Waals surface area (Å²) in [5.74, 6) is -0.580. The van der Waals surface area contributed by atoms with Crippen molar-refractivity contribution < 1.29 is 80.2 Å². The third-order valence-corrected chi connectivity index (χ3v) is 21.1. The Labute approximate surface area is 619 Å². The lowest BCUT2D eigenvalue weighted by Crippen LogP contribution is -2.30. The second-order valence-corrected chi connectivity index (χ2v) is 33.4. The average molecular weight is 1480 g/mol. The van der Waals surface area contributed by atoms with Crippen molar-refractivity contribution in [3.05, 3.63) is 0 Å². The van der Waals surface area contributed by atoms with Crippen LogP contribution in [0.5, 0.6) is 0 Å². The first kappa shape index (κ1) is 99.1. The van der Waals surface area contributed by atoms with E-state index in [0.29, 0.717) is 25.7 Å². The SMILES string of the molecule is CCCCCCCCCCCCCCCCCCCCCCC(=O)O[C@H](COC(=O)CCCCCCCCCCCCCCC(C)C)COP(=O)(O)OC[C@@H](O)COP(=O)(O)OC[C@@H](COC(=O)CCCCCCCCCCCC(C)C)OC(=O)CCCCCCCCCCCCCCCC. The molecule has 17 nitrogen and oxygen atoms in total. The van der Waals surface area contributed by atoms with Crippen molar-refractivity contribution in [2.45, 2.75) is 452 Å². The summed E-state index contributed by atoms with van der Waals surface area (Å²) in [5.41, 5.74) is 0. The van der Waals surface area contributed by atoms with Crippen molar-refractivity contribution in [3.63, 3.8) is 0 Å². The number of unbranched alkanes of at least 4 members (excludes halogenated alkanes) is 51. The number of aliphatic hydroxyl groups is 1. The Morgan fingerprint density at radius 1 is 0.267 bits per heavy atom. The zero-order chi connectivity index (χ0) is 74.2. The lowest BCUT2D eigenvalue weighted by atomic mass is 10.0. The molecule has 0 saturated carbocycles. The first-order chi connectivity index (χ1) is 48.9. The molecule has 0 amide bonds. The summed E-state index contributed by atoms with van der Waals surface area (Å²) >= 11 is 0. The van der Waals surface area contributed by atoms with Gasteiger partial charge in [-0.15, -0.1) is 0 Å². The molecule has 5 atom stereocenters. The summed E-state index contributed by atoms with van der Waals surface area (Å²) in [6, 6.07) is 0.